The Morgan fingerprint density at radius 2 is 1.91 bits per heavy atom. The number of nitrogens with zero attached hydrogens (tertiary/aromatic N) is 2. The number of piperazine rings is 1. The second-order valence-electron chi connectivity index (χ2n) is 7.93. The Morgan fingerprint density at radius 1 is 1.16 bits per heavy atom. The molecule has 3 aromatic rings. The summed E-state index contributed by atoms with van der Waals surface area (Å²) in [4.78, 5) is 19.0. The van der Waals surface area contributed by atoms with E-state index in [1.54, 1.807) is 30.6 Å². The Balaban J connectivity index is 1.71. The highest BCUT2D eigenvalue weighted by Crippen LogP contribution is 2.40. The molecule has 0 aliphatic carbocycles. The van der Waals surface area contributed by atoms with Gasteiger partial charge in [0, 0.05) is 36.6 Å². The van der Waals surface area contributed by atoms with E-state index in [4.69, 9.17) is 9.15 Å². The van der Waals surface area contributed by atoms with Crippen LogP contribution in [-0.4, -0.2) is 55.5 Å². The summed E-state index contributed by atoms with van der Waals surface area (Å²) < 4.78 is 10.7. The Bertz CT molecular complexity index is 1010. The summed E-state index contributed by atoms with van der Waals surface area (Å²) >= 11 is 1.65. The highest BCUT2D eigenvalue weighted by atomic mass is 32.1. The lowest BCUT2D eigenvalue weighted by Gasteiger charge is -2.39. The van der Waals surface area contributed by atoms with E-state index in [1.807, 2.05) is 12.1 Å². The molecule has 4 rings (SSSR count). The fourth-order valence-electron chi connectivity index (χ4n) is 4.22. The first-order valence-corrected chi connectivity index (χ1v) is 12.0. The summed E-state index contributed by atoms with van der Waals surface area (Å²) in [6.07, 6.45) is 2.45. The Labute approximate surface area is 193 Å². The maximum Gasteiger partial charge on any atom is 0.291 e. The number of hydrogen-bond acceptors (Lipinski definition) is 6. The van der Waals surface area contributed by atoms with Crippen molar-refractivity contribution in [2.24, 2.45) is 0 Å². The molecular formula is C25H31N3O3S. The summed E-state index contributed by atoms with van der Waals surface area (Å²) in [5, 5.41) is 4.01. The van der Waals surface area contributed by atoms with Crippen molar-refractivity contribution in [1.82, 2.24) is 9.80 Å². The number of anilines is 1. The molecule has 1 N–H and O–H groups in total. The molecule has 0 saturated carbocycles. The average Bonchev–Trinajstić information content (AvgIpc) is 3.51. The van der Waals surface area contributed by atoms with Gasteiger partial charge in [0.1, 0.15) is 10.8 Å². The van der Waals surface area contributed by atoms with Gasteiger partial charge in [-0.25, -0.2) is 0 Å². The van der Waals surface area contributed by atoms with Crippen LogP contribution in [0.1, 0.15) is 46.4 Å². The molecule has 0 radical (unpaired) electrons. The molecule has 1 aromatic carbocycles. The van der Waals surface area contributed by atoms with Crippen LogP contribution in [0.25, 0.3) is 0 Å². The first-order valence-electron chi connectivity index (χ1n) is 11.2. The maximum atomic E-state index is 12.8. The predicted molar refractivity (Wildman–Crippen MR) is 129 cm³/mol. The molecule has 32 heavy (non-hydrogen) atoms. The van der Waals surface area contributed by atoms with Gasteiger partial charge in [0.15, 0.2) is 5.76 Å². The van der Waals surface area contributed by atoms with Gasteiger partial charge in [0.05, 0.1) is 19.4 Å². The number of hydrogen-bond donors (Lipinski definition) is 1. The molecule has 1 amide bonds. The number of carbonyl (C=O) groups excluding carboxylic acids is 1. The van der Waals surface area contributed by atoms with Gasteiger partial charge in [-0.15, -0.1) is 11.3 Å². The highest BCUT2D eigenvalue weighted by molar-refractivity contribution is 7.16. The normalized spacial score (nSPS) is 16.1. The van der Waals surface area contributed by atoms with Crippen LogP contribution in [-0.2, 0) is 6.42 Å². The van der Waals surface area contributed by atoms with Crippen LogP contribution in [0.2, 0.25) is 0 Å². The van der Waals surface area contributed by atoms with Gasteiger partial charge in [-0.2, -0.15) is 0 Å². The summed E-state index contributed by atoms with van der Waals surface area (Å²) in [6.45, 7) is 9.48. The quantitative estimate of drug-likeness (QED) is 0.526. The molecule has 1 fully saturated rings. The number of benzene rings is 1. The van der Waals surface area contributed by atoms with E-state index in [0.717, 1.165) is 55.5 Å². The molecule has 3 heterocycles. The van der Waals surface area contributed by atoms with Crippen LogP contribution >= 0.6 is 11.3 Å². The third-order valence-electron chi connectivity index (χ3n) is 6.08. The lowest BCUT2D eigenvalue weighted by molar-refractivity contribution is 0.0995. The van der Waals surface area contributed by atoms with Gasteiger partial charge in [-0.3, -0.25) is 9.69 Å². The van der Waals surface area contributed by atoms with E-state index in [0.29, 0.717) is 5.76 Å². The molecule has 7 heteroatoms. The fourth-order valence-corrected chi connectivity index (χ4v) is 5.24. The van der Waals surface area contributed by atoms with Crippen molar-refractivity contribution >= 4 is 22.2 Å². The monoisotopic (exact) mass is 453 g/mol. The Hall–Kier alpha value is -2.61. The number of furan rings is 1. The second-order valence-corrected chi connectivity index (χ2v) is 9.06. The number of aryl methyl sites for hydroxylation is 1. The zero-order valence-corrected chi connectivity index (χ0v) is 19.8. The van der Waals surface area contributed by atoms with Crippen LogP contribution in [0.3, 0.4) is 0 Å². The second kappa shape index (κ2) is 10.3. The van der Waals surface area contributed by atoms with E-state index >= 15 is 0 Å². The Morgan fingerprint density at radius 3 is 2.50 bits per heavy atom. The fraction of sp³-hybridized carbons (Fsp3) is 0.400. The van der Waals surface area contributed by atoms with Crippen LogP contribution in [0.4, 0.5) is 5.00 Å². The molecule has 1 aliphatic heterocycles. The minimum atomic E-state index is -0.218. The summed E-state index contributed by atoms with van der Waals surface area (Å²) in [7, 11) is 1.69. The smallest absolute Gasteiger partial charge is 0.291 e. The summed E-state index contributed by atoms with van der Waals surface area (Å²) in [6, 6.07) is 14.0. The highest BCUT2D eigenvalue weighted by Gasteiger charge is 2.30. The molecule has 170 valence electrons. The molecule has 6 nitrogen and oxygen atoms in total. The summed E-state index contributed by atoms with van der Waals surface area (Å²) in [5.74, 6) is 0.944. The zero-order valence-electron chi connectivity index (χ0n) is 19.0. The van der Waals surface area contributed by atoms with E-state index in [1.165, 1.54) is 16.7 Å². The van der Waals surface area contributed by atoms with Crippen molar-refractivity contribution < 1.29 is 13.9 Å². The number of nitrogens with one attached hydrogen (secondary N) is 1. The minimum Gasteiger partial charge on any atom is -0.497 e. The number of ether oxygens (including phenoxy) is 1. The van der Waals surface area contributed by atoms with Gasteiger partial charge in [-0.05, 0) is 48.9 Å². The molecule has 2 aromatic heterocycles. The van der Waals surface area contributed by atoms with Crippen LogP contribution in [0.15, 0.2) is 53.1 Å². The van der Waals surface area contributed by atoms with Gasteiger partial charge < -0.3 is 19.4 Å². The number of amides is 1. The van der Waals surface area contributed by atoms with Crippen LogP contribution < -0.4 is 10.1 Å². The van der Waals surface area contributed by atoms with E-state index in [-0.39, 0.29) is 11.9 Å². The van der Waals surface area contributed by atoms with Crippen molar-refractivity contribution in [3.8, 4) is 5.75 Å². The van der Waals surface area contributed by atoms with Crippen molar-refractivity contribution in [3.63, 3.8) is 0 Å². The summed E-state index contributed by atoms with van der Waals surface area (Å²) in [5.41, 5.74) is 2.34. The third-order valence-corrected chi connectivity index (χ3v) is 7.29. The lowest BCUT2D eigenvalue weighted by atomic mass is 9.97. The van der Waals surface area contributed by atoms with Crippen molar-refractivity contribution in [3.05, 3.63) is 70.5 Å². The van der Waals surface area contributed by atoms with Gasteiger partial charge in [0.25, 0.3) is 5.91 Å². The number of thiophene rings is 1. The first kappa shape index (κ1) is 22.6. The topological polar surface area (TPSA) is 58.0 Å². The lowest BCUT2D eigenvalue weighted by Crippen LogP contribution is -2.47. The first-order chi connectivity index (χ1) is 15.6. The van der Waals surface area contributed by atoms with Crippen LogP contribution in [0.5, 0.6) is 5.75 Å². The Kier molecular flexibility index (Phi) is 7.29. The molecule has 1 saturated heterocycles. The standard InChI is InChI=1S/C25H31N3O3S/c1-4-20-17-21(25(32-20)26-24(29)22-7-6-16-31-22)23(18-8-10-19(30-3)11-9-18)28-14-12-27(5-2)13-15-28/h6-11,16-17,23H,4-5,12-15H2,1-3H3,(H,26,29)/t23-/m1/s1. The minimum absolute atomic E-state index is 0.0587. The maximum absolute atomic E-state index is 12.8. The van der Waals surface area contributed by atoms with E-state index in [9.17, 15) is 4.79 Å². The van der Waals surface area contributed by atoms with Crippen molar-refractivity contribution in [2.75, 3.05) is 45.2 Å². The molecular weight excluding hydrogens is 422 g/mol. The van der Waals surface area contributed by atoms with Gasteiger partial charge >= 0.3 is 0 Å². The van der Waals surface area contributed by atoms with Crippen molar-refractivity contribution in [2.45, 2.75) is 26.3 Å². The number of carbonyl (C=O) groups is 1. The number of methoxy groups -OCH3 is 1. The van der Waals surface area contributed by atoms with E-state index in [2.05, 4.69) is 47.2 Å². The molecule has 0 spiro atoms. The third kappa shape index (κ3) is 4.90. The molecule has 1 aliphatic rings. The molecule has 0 bridgehead atoms. The van der Waals surface area contributed by atoms with Gasteiger partial charge in [0.2, 0.25) is 0 Å². The molecule has 1 atom stereocenters. The van der Waals surface area contributed by atoms with Gasteiger partial charge in [-0.1, -0.05) is 26.0 Å². The average molecular weight is 454 g/mol. The van der Waals surface area contributed by atoms with Crippen molar-refractivity contribution in [1.29, 1.82) is 0 Å². The molecule has 0 unspecified atom stereocenters. The predicted octanol–water partition coefficient (Wildman–Crippen LogP) is 4.89. The number of likely N-dealkylation sites (N-methyl/N-ethyl adjacent to an activating group) is 1. The number of rotatable bonds is 8. The largest absolute Gasteiger partial charge is 0.497 e. The van der Waals surface area contributed by atoms with E-state index < -0.39 is 0 Å². The zero-order chi connectivity index (χ0) is 22.5. The van der Waals surface area contributed by atoms with Crippen LogP contribution in [0, 0.1) is 0 Å². The SMILES string of the molecule is CCc1cc([C@@H](c2ccc(OC)cc2)N2CCN(CC)CC2)c(NC(=O)c2ccco2)s1.